The minimum absolute atomic E-state index is 0.0550. The maximum atomic E-state index is 14.0. The molecule has 1 spiro atoms. The predicted octanol–water partition coefficient (Wildman–Crippen LogP) is 4.11. The summed E-state index contributed by atoms with van der Waals surface area (Å²) in [6.07, 6.45) is 0.768. The largest absolute Gasteiger partial charge is 0.384 e. The summed E-state index contributed by atoms with van der Waals surface area (Å²) in [6, 6.07) is 9.53. The first-order valence-corrected chi connectivity index (χ1v) is 13.1. The van der Waals surface area contributed by atoms with Gasteiger partial charge in [0.25, 0.3) is 0 Å². The third-order valence-corrected chi connectivity index (χ3v) is 8.70. The Morgan fingerprint density at radius 2 is 1.91 bits per heavy atom. The van der Waals surface area contributed by atoms with Gasteiger partial charge in [0.15, 0.2) is 10.1 Å². The Bertz CT molecular complexity index is 1380. The molecular weight excluding hydrogens is 480 g/mol. The van der Waals surface area contributed by atoms with Crippen LogP contribution in [0.1, 0.15) is 46.1 Å². The number of Topliss-reactive ketones (excluding diaryl/α,β-unsaturated/α-hetero) is 1. The molecule has 1 amide bonds. The van der Waals surface area contributed by atoms with E-state index in [1.54, 1.807) is 23.7 Å². The van der Waals surface area contributed by atoms with Crippen LogP contribution in [-0.2, 0) is 15.0 Å². The number of carbonyl (C=O) groups excluding carboxylic acids is 2. The summed E-state index contributed by atoms with van der Waals surface area (Å²) in [5, 5.41) is 19.9. The normalized spacial score (nSPS) is 23.3. The van der Waals surface area contributed by atoms with Crippen LogP contribution >= 0.6 is 23.1 Å². The molecule has 0 radical (unpaired) electrons. The third kappa shape index (κ3) is 3.25. The van der Waals surface area contributed by atoms with E-state index in [-0.39, 0.29) is 34.9 Å². The maximum absolute atomic E-state index is 14.0. The van der Waals surface area contributed by atoms with E-state index in [0.29, 0.717) is 39.3 Å². The van der Waals surface area contributed by atoms with Crippen molar-refractivity contribution in [1.82, 2.24) is 10.2 Å². The van der Waals surface area contributed by atoms with Gasteiger partial charge in [-0.1, -0.05) is 69.0 Å². The number of nitrogens with two attached hydrogens (primary N) is 1. The number of amides is 1. The molecular formula is C25H26N6O2S2. The second-order valence-corrected chi connectivity index (χ2v) is 12.9. The van der Waals surface area contributed by atoms with E-state index in [1.165, 1.54) is 16.2 Å². The molecule has 0 fully saturated rings. The lowest BCUT2D eigenvalue weighted by molar-refractivity contribution is -0.124. The Labute approximate surface area is 212 Å². The average molecular weight is 507 g/mol. The zero-order valence-corrected chi connectivity index (χ0v) is 21.9. The predicted molar refractivity (Wildman–Crippen MR) is 137 cm³/mol. The third-order valence-electron chi connectivity index (χ3n) is 6.70. The smallest absolute Gasteiger partial charge is 0.247 e. The quantitative estimate of drug-likeness (QED) is 0.618. The van der Waals surface area contributed by atoms with Crippen molar-refractivity contribution in [1.29, 1.82) is 5.26 Å². The van der Waals surface area contributed by atoms with Gasteiger partial charge in [0, 0.05) is 41.2 Å². The first-order valence-electron chi connectivity index (χ1n) is 11.4. The summed E-state index contributed by atoms with van der Waals surface area (Å²) in [6.45, 7) is 8.19. The van der Waals surface area contributed by atoms with Gasteiger partial charge >= 0.3 is 0 Å². The fourth-order valence-corrected chi connectivity index (χ4v) is 7.53. The molecule has 35 heavy (non-hydrogen) atoms. The van der Waals surface area contributed by atoms with E-state index < -0.39 is 5.41 Å². The number of benzene rings is 1. The molecule has 5 rings (SSSR count). The molecule has 2 aliphatic heterocycles. The molecule has 1 aromatic carbocycles. The van der Waals surface area contributed by atoms with Crippen LogP contribution in [0.4, 0.5) is 10.8 Å². The minimum atomic E-state index is -1.57. The number of ketones is 1. The second-order valence-electron chi connectivity index (χ2n) is 10.1. The van der Waals surface area contributed by atoms with Crippen molar-refractivity contribution in [3.05, 3.63) is 52.5 Å². The minimum Gasteiger partial charge on any atom is -0.384 e. The van der Waals surface area contributed by atoms with Crippen LogP contribution in [0.2, 0.25) is 0 Å². The van der Waals surface area contributed by atoms with Crippen LogP contribution in [-0.4, -0.2) is 34.2 Å². The zero-order chi connectivity index (χ0) is 25.3. The Balaban J connectivity index is 1.84. The van der Waals surface area contributed by atoms with E-state index >= 15 is 0 Å². The molecule has 1 aromatic heterocycles. The molecule has 1 atom stereocenters. The summed E-state index contributed by atoms with van der Waals surface area (Å²) >= 11 is 2.94. The topological polar surface area (TPSA) is 116 Å². The molecule has 3 heterocycles. The number of hydrogen-bond acceptors (Lipinski definition) is 9. The lowest BCUT2D eigenvalue weighted by Crippen LogP contribution is -2.53. The Morgan fingerprint density at radius 1 is 1.20 bits per heavy atom. The number of thioether (sulfide) groups is 1. The first kappa shape index (κ1) is 23.6. The number of para-hydroxylation sites is 1. The number of allylic oxidation sites excluding steroid dienone is 1. The zero-order valence-electron chi connectivity index (χ0n) is 20.2. The Kier molecular flexibility index (Phi) is 5.34. The first-order chi connectivity index (χ1) is 16.5. The molecule has 10 heteroatoms. The Morgan fingerprint density at radius 3 is 2.60 bits per heavy atom. The average Bonchev–Trinajstić information content (AvgIpc) is 3.30. The molecule has 0 bridgehead atoms. The van der Waals surface area contributed by atoms with Gasteiger partial charge in [-0.25, -0.2) is 0 Å². The molecule has 180 valence electrons. The SMILES string of the molecule is CC(C)Sc1nnc(N2C(N)=C(C#N)[C@@]3(C(=O)N(C)c4ccccc43)C3=C2CC(C)(C)CC3=O)s1. The van der Waals surface area contributed by atoms with Crippen LogP contribution in [0.5, 0.6) is 0 Å². The van der Waals surface area contributed by atoms with Crippen molar-refractivity contribution < 1.29 is 9.59 Å². The molecule has 3 aliphatic rings. The molecule has 0 saturated heterocycles. The number of hydrogen-bond donors (Lipinski definition) is 1. The van der Waals surface area contributed by atoms with E-state index in [9.17, 15) is 14.9 Å². The number of anilines is 2. The van der Waals surface area contributed by atoms with E-state index in [4.69, 9.17) is 5.73 Å². The van der Waals surface area contributed by atoms with Crippen LogP contribution in [0.25, 0.3) is 0 Å². The van der Waals surface area contributed by atoms with Gasteiger partial charge in [-0.2, -0.15) is 5.26 Å². The summed E-state index contributed by atoms with van der Waals surface area (Å²) in [7, 11) is 1.67. The molecule has 0 unspecified atom stereocenters. The number of carbonyl (C=O) groups is 2. The molecule has 0 saturated carbocycles. The number of fused-ring (bicyclic) bond motifs is 3. The van der Waals surface area contributed by atoms with Gasteiger partial charge in [0.1, 0.15) is 17.3 Å². The molecule has 8 nitrogen and oxygen atoms in total. The van der Waals surface area contributed by atoms with Gasteiger partial charge in [-0.3, -0.25) is 14.5 Å². The van der Waals surface area contributed by atoms with Crippen molar-refractivity contribution >= 4 is 45.6 Å². The highest BCUT2D eigenvalue weighted by atomic mass is 32.2. The number of likely N-dealkylation sites (N-methyl/N-ethyl adjacent to an activating group) is 1. The summed E-state index contributed by atoms with van der Waals surface area (Å²) in [5.74, 6) is -0.375. The fraction of sp³-hybridized carbons (Fsp3) is 0.400. The number of aromatic nitrogens is 2. The van der Waals surface area contributed by atoms with Crippen LogP contribution in [0.3, 0.4) is 0 Å². The van der Waals surface area contributed by atoms with Gasteiger partial charge in [0.05, 0.1) is 5.57 Å². The highest BCUT2D eigenvalue weighted by Crippen LogP contribution is 2.58. The number of rotatable bonds is 3. The Hall–Kier alpha value is -3.16. The highest BCUT2D eigenvalue weighted by Gasteiger charge is 2.62. The van der Waals surface area contributed by atoms with Gasteiger partial charge < -0.3 is 10.6 Å². The van der Waals surface area contributed by atoms with Crippen LogP contribution < -0.4 is 15.5 Å². The maximum Gasteiger partial charge on any atom is 0.247 e. The lowest BCUT2D eigenvalue weighted by atomic mass is 9.61. The van der Waals surface area contributed by atoms with Crippen LogP contribution in [0, 0.1) is 16.7 Å². The highest BCUT2D eigenvalue weighted by molar-refractivity contribution is 8.01. The summed E-state index contributed by atoms with van der Waals surface area (Å²) in [5.41, 5.74) is 7.11. The number of nitrogens with zero attached hydrogens (tertiary/aromatic N) is 5. The second kappa shape index (κ2) is 7.93. The molecule has 2 N–H and O–H groups in total. The van der Waals surface area contributed by atoms with Crippen molar-refractivity contribution in [3.63, 3.8) is 0 Å². The standard InChI is InChI=1S/C25H26N6O2S2/c1-13(2)34-23-29-28-22(35-23)31-17-10-24(3,4)11-18(32)19(17)25(15(12-26)20(31)27)14-8-6-7-9-16(14)30(5)21(25)33/h6-9,13H,10-11,27H2,1-5H3/t25-/m1/s1. The summed E-state index contributed by atoms with van der Waals surface area (Å²) in [4.78, 5) is 31.1. The van der Waals surface area contributed by atoms with Gasteiger partial charge in [0.2, 0.25) is 11.0 Å². The fourth-order valence-electron chi connectivity index (χ4n) is 5.42. The van der Waals surface area contributed by atoms with Crippen molar-refractivity contribution in [2.24, 2.45) is 11.1 Å². The van der Waals surface area contributed by atoms with Crippen molar-refractivity contribution in [3.8, 4) is 6.07 Å². The number of nitriles is 1. The lowest BCUT2D eigenvalue weighted by Gasteiger charge is -2.45. The van der Waals surface area contributed by atoms with Crippen molar-refractivity contribution in [2.75, 3.05) is 16.8 Å². The van der Waals surface area contributed by atoms with E-state index in [1.807, 2.05) is 38.1 Å². The van der Waals surface area contributed by atoms with Crippen LogP contribution in [0.15, 0.2) is 51.3 Å². The van der Waals surface area contributed by atoms with E-state index in [0.717, 1.165) is 4.34 Å². The van der Waals surface area contributed by atoms with Gasteiger partial charge in [-0.05, 0) is 17.9 Å². The van der Waals surface area contributed by atoms with Gasteiger partial charge in [-0.15, -0.1) is 10.2 Å². The molecule has 1 aliphatic carbocycles. The molecule has 2 aromatic rings. The van der Waals surface area contributed by atoms with E-state index in [2.05, 4.69) is 30.1 Å². The van der Waals surface area contributed by atoms with Crippen molar-refractivity contribution in [2.45, 2.75) is 55.5 Å². The monoisotopic (exact) mass is 506 g/mol. The summed E-state index contributed by atoms with van der Waals surface area (Å²) < 4.78 is 0.771.